The largest absolute Gasteiger partial charge is 0.375 e. The fourth-order valence-corrected chi connectivity index (χ4v) is 1.60. The number of benzene rings is 1. The van der Waals surface area contributed by atoms with Gasteiger partial charge in [-0.25, -0.2) is 0 Å². The summed E-state index contributed by atoms with van der Waals surface area (Å²) in [6.07, 6.45) is 0.350. The minimum absolute atomic E-state index is 0.0000350. The van der Waals surface area contributed by atoms with Gasteiger partial charge in [0.05, 0.1) is 13.2 Å². The maximum atomic E-state index is 11.5. The van der Waals surface area contributed by atoms with E-state index in [1.54, 1.807) is 0 Å². The Morgan fingerprint density at radius 3 is 2.61 bits per heavy atom. The van der Waals surface area contributed by atoms with E-state index in [1.165, 1.54) is 0 Å². The zero-order valence-corrected chi connectivity index (χ0v) is 11.1. The predicted molar refractivity (Wildman–Crippen MR) is 72.0 cm³/mol. The third kappa shape index (κ3) is 6.37. The molecular weight excluding hydrogens is 228 g/mol. The number of hydrogen-bond donors (Lipinski definition) is 2. The molecule has 2 unspecified atom stereocenters. The third-order valence-corrected chi connectivity index (χ3v) is 2.39. The van der Waals surface area contributed by atoms with Crippen molar-refractivity contribution in [2.45, 2.75) is 39.0 Å². The molecule has 0 aliphatic carbocycles. The molecule has 0 spiro atoms. The Bertz CT molecular complexity index is 352. The number of nitrogens with one attached hydrogen (secondary N) is 1. The van der Waals surface area contributed by atoms with Gasteiger partial charge in [-0.3, -0.25) is 4.79 Å². The number of amides is 1. The number of ether oxygens (including phenoxy) is 1. The lowest BCUT2D eigenvalue weighted by Gasteiger charge is -2.15. The lowest BCUT2D eigenvalue weighted by Crippen LogP contribution is -2.38. The van der Waals surface area contributed by atoms with Crippen molar-refractivity contribution in [1.29, 1.82) is 0 Å². The molecule has 0 aliphatic rings. The molecule has 0 aliphatic heterocycles. The van der Waals surface area contributed by atoms with E-state index in [0.29, 0.717) is 19.6 Å². The summed E-state index contributed by atoms with van der Waals surface area (Å²) < 4.78 is 5.54. The highest BCUT2D eigenvalue weighted by molar-refractivity contribution is 5.76. The molecule has 0 bridgehead atoms. The van der Waals surface area contributed by atoms with Crippen molar-refractivity contribution in [2.24, 2.45) is 5.73 Å². The minimum atomic E-state index is -0.109. The van der Waals surface area contributed by atoms with E-state index >= 15 is 0 Å². The van der Waals surface area contributed by atoms with Gasteiger partial charge in [0, 0.05) is 18.5 Å². The summed E-state index contributed by atoms with van der Waals surface area (Å²) in [4.78, 5) is 11.5. The maximum absolute atomic E-state index is 11.5. The highest BCUT2D eigenvalue weighted by Gasteiger charge is 2.09. The SMILES string of the molecule is CC(N)CC(=O)NC(C)COCc1ccccc1. The Morgan fingerprint density at radius 1 is 1.33 bits per heavy atom. The topological polar surface area (TPSA) is 64.4 Å². The summed E-state index contributed by atoms with van der Waals surface area (Å²) in [5.74, 6) is -0.0270. The Kier molecular flexibility index (Phi) is 6.39. The number of hydrogen-bond acceptors (Lipinski definition) is 3. The standard InChI is InChI=1S/C14H22N2O2/c1-11(15)8-14(17)16-12(2)9-18-10-13-6-4-3-5-7-13/h3-7,11-12H,8-10,15H2,1-2H3,(H,16,17). The van der Waals surface area contributed by atoms with Crippen LogP contribution >= 0.6 is 0 Å². The average Bonchev–Trinajstić information content (AvgIpc) is 2.29. The average molecular weight is 250 g/mol. The zero-order valence-electron chi connectivity index (χ0n) is 11.1. The molecule has 0 fully saturated rings. The molecule has 0 heterocycles. The molecule has 3 N–H and O–H groups in total. The summed E-state index contributed by atoms with van der Waals surface area (Å²) >= 11 is 0. The molecule has 1 aromatic carbocycles. The van der Waals surface area contributed by atoms with Crippen molar-refractivity contribution in [3.8, 4) is 0 Å². The van der Waals surface area contributed by atoms with Crippen molar-refractivity contribution < 1.29 is 9.53 Å². The normalized spacial score (nSPS) is 13.9. The monoisotopic (exact) mass is 250 g/mol. The van der Waals surface area contributed by atoms with Crippen LogP contribution in [0.5, 0.6) is 0 Å². The van der Waals surface area contributed by atoms with Gasteiger partial charge < -0.3 is 15.8 Å². The summed E-state index contributed by atoms with van der Waals surface area (Å²) in [7, 11) is 0. The fraction of sp³-hybridized carbons (Fsp3) is 0.500. The van der Waals surface area contributed by atoms with E-state index in [2.05, 4.69) is 5.32 Å². The highest BCUT2D eigenvalue weighted by Crippen LogP contribution is 2.01. The Balaban J connectivity index is 2.17. The van der Waals surface area contributed by atoms with Gasteiger partial charge in [0.25, 0.3) is 0 Å². The Labute approximate surface area is 109 Å². The first-order valence-electron chi connectivity index (χ1n) is 6.24. The number of carbonyl (C=O) groups excluding carboxylic acids is 1. The second-order valence-corrected chi connectivity index (χ2v) is 4.65. The van der Waals surface area contributed by atoms with Crippen molar-refractivity contribution >= 4 is 5.91 Å². The first-order chi connectivity index (χ1) is 8.58. The maximum Gasteiger partial charge on any atom is 0.221 e. The molecule has 18 heavy (non-hydrogen) atoms. The second kappa shape index (κ2) is 7.84. The fourth-order valence-electron chi connectivity index (χ4n) is 1.60. The van der Waals surface area contributed by atoms with Gasteiger partial charge in [0.15, 0.2) is 0 Å². The van der Waals surface area contributed by atoms with Crippen LogP contribution in [-0.2, 0) is 16.1 Å². The van der Waals surface area contributed by atoms with Gasteiger partial charge in [0.2, 0.25) is 5.91 Å². The van der Waals surface area contributed by atoms with Crippen LogP contribution in [0.4, 0.5) is 0 Å². The van der Waals surface area contributed by atoms with Gasteiger partial charge in [-0.1, -0.05) is 30.3 Å². The van der Waals surface area contributed by atoms with E-state index in [1.807, 2.05) is 44.2 Å². The molecule has 1 rings (SSSR count). The van der Waals surface area contributed by atoms with E-state index in [9.17, 15) is 4.79 Å². The van der Waals surface area contributed by atoms with Gasteiger partial charge in [-0.2, -0.15) is 0 Å². The molecular formula is C14H22N2O2. The van der Waals surface area contributed by atoms with Crippen molar-refractivity contribution in [3.05, 3.63) is 35.9 Å². The molecule has 4 heteroatoms. The van der Waals surface area contributed by atoms with Gasteiger partial charge >= 0.3 is 0 Å². The van der Waals surface area contributed by atoms with Crippen molar-refractivity contribution in [2.75, 3.05) is 6.61 Å². The molecule has 0 saturated heterocycles. The van der Waals surface area contributed by atoms with Crippen molar-refractivity contribution in [1.82, 2.24) is 5.32 Å². The summed E-state index contributed by atoms with van der Waals surface area (Å²) in [5, 5.41) is 2.85. The first kappa shape index (κ1) is 14.7. The second-order valence-electron chi connectivity index (χ2n) is 4.65. The quantitative estimate of drug-likeness (QED) is 0.769. The van der Waals surface area contributed by atoms with E-state index in [-0.39, 0.29) is 18.0 Å². The Morgan fingerprint density at radius 2 is 2.00 bits per heavy atom. The zero-order chi connectivity index (χ0) is 13.4. The van der Waals surface area contributed by atoms with Crippen LogP contribution in [-0.4, -0.2) is 24.6 Å². The van der Waals surface area contributed by atoms with Crippen LogP contribution in [0.2, 0.25) is 0 Å². The van der Waals surface area contributed by atoms with E-state index in [0.717, 1.165) is 5.56 Å². The van der Waals surface area contributed by atoms with Gasteiger partial charge in [0.1, 0.15) is 0 Å². The molecule has 0 aromatic heterocycles. The summed E-state index contributed by atoms with van der Waals surface area (Å²) in [6, 6.07) is 9.85. The lowest BCUT2D eigenvalue weighted by molar-refractivity contribution is -0.122. The van der Waals surface area contributed by atoms with Gasteiger partial charge in [-0.15, -0.1) is 0 Å². The molecule has 100 valence electrons. The molecule has 4 nitrogen and oxygen atoms in total. The number of nitrogens with two attached hydrogens (primary N) is 1. The van der Waals surface area contributed by atoms with Gasteiger partial charge in [-0.05, 0) is 19.4 Å². The summed E-state index contributed by atoms with van der Waals surface area (Å²) in [6.45, 7) is 4.80. The molecule has 0 saturated carbocycles. The van der Waals surface area contributed by atoms with Crippen LogP contribution in [0.15, 0.2) is 30.3 Å². The molecule has 1 amide bonds. The van der Waals surface area contributed by atoms with E-state index < -0.39 is 0 Å². The first-order valence-corrected chi connectivity index (χ1v) is 6.24. The molecule has 2 atom stereocenters. The highest BCUT2D eigenvalue weighted by atomic mass is 16.5. The molecule has 0 radical (unpaired) electrons. The van der Waals surface area contributed by atoms with Crippen LogP contribution in [0.1, 0.15) is 25.8 Å². The molecule has 1 aromatic rings. The smallest absolute Gasteiger partial charge is 0.221 e. The van der Waals surface area contributed by atoms with Crippen LogP contribution < -0.4 is 11.1 Å². The minimum Gasteiger partial charge on any atom is -0.375 e. The third-order valence-electron chi connectivity index (χ3n) is 2.39. The predicted octanol–water partition coefficient (Wildman–Crippen LogP) is 1.45. The van der Waals surface area contributed by atoms with Crippen molar-refractivity contribution in [3.63, 3.8) is 0 Å². The summed E-state index contributed by atoms with van der Waals surface area (Å²) in [5.41, 5.74) is 6.68. The van der Waals surface area contributed by atoms with E-state index in [4.69, 9.17) is 10.5 Å². The Hall–Kier alpha value is -1.39. The number of rotatable bonds is 7. The van der Waals surface area contributed by atoms with Crippen LogP contribution in [0.3, 0.4) is 0 Å². The van der Waals surface area contributed by atoms with Crippen LogP contribution in [0, 0.1) is 0 Å². The number of carbonyl (C=O) groups is 1. The van der Waals surface area contributed by atoms with Crippen LogP contribution in [0.25, 0.3) is 0 Å². The lowest BCUT2D eigenvalue weighted by atomic mass is 10.2.